The van der Waals surface area contributed by atoms with Gasteiger partial charge in [-0.3, -0.25) is 4.79 Å². The van der Waals surface area contributed by atoms with Crippen molar-refractivity contribution >= 4 is 11.8 Å². The van der Waals surface area contributed by atoms with Gasteiger partial charge in [-0.05, 0) is 24.3 Å². The molecule has 0 atom stereocenters. The Balaban J connectivity index is 0.000000244. The Morgan fingerprint density at radius 3 is 1.70 bits per heavy atom. The van der Waals surface area contributed by atoms with Crippen LogP contribution in [0.1, 0.15) is 26.3 Å². The van der Waals surface area contributed by atoms with Gasteiger partial charge in [0, 0.05) is 5.56 Å². The Kier molecular flexibility index (Phi) is 7.14. The minimum atomic E-state index is -0.879. The van der Waals surface area contributed by atoms with E-state index in [2.05, 4.69) is 0 Å². The van der Waals surface area contributed by atoms with Gasteiger partial charge in [0.25, 0.3) is 0 Å². The molecule has 0 bridgehead atoms. The van der Waals surface area contributed by atoms with Crippen molar-refractivity contribution in [1.82, 2.24) is 0 Å². The van der Waals surface area contributed by atoms with Crippen molar-refractivity contribution in [1.29, 1.82) is 0 Å². The molecular formula is C22H20O5. The van der Waals surface area contributed by atoms with Crippen LogP contribution in [0.2, 0.25) is 0 Å². The largest absolute Gasteiger partial charge is 0.493 e. The molecule has 0 aliphatic carbocycles. The van der Waals surface area contributed by atoms with Gasteiger partial charge in [-0.25, -0.2) is 4.79 Å². The summed E-state index contributed by atoms with van der Waals surface area (Å²) in [7, 11) is 3.08. The van der Waals surface area contributed by atoms with Crippen LogP contribution in [-0.4, -0.2) is 31.1 Å². The predicted octanol–water partition coefficient (Wildman–Crippen LogP) is 4.32. The lowest BCUT2D eigenvalue weighted by atomic mass is 10.0. The van der Waals surface area contributed by atoms with E-state index in [9.17, 15) is 9.59 Å². The number of carboxylic acids is 1. The standard InChI is InChI=1S/C15H14O3.C7H6O2/c1-17-13-10-6-9-12(15(13)18-2)14(16)11-7-4-3-5-8-11;8-7(9)6-4-2-1-3-5-6/h3-10H,1-2H3;1-5H,(H,8,9). The van der Waals surface area contributed by atoms with E-state index in [0.717, 1.165) is 0 Å². The smallest absolute Gasteiger partial charge is 0.335 e. The molecular weight excluding hydrogens is 344 g/mol. The van der Waals surface area contributed by atoms with Crippen LogP contribution >= 0.6 is 0 Å². The molecule has 0 aliphatic rings. The number of benzene rings is 3. The second kappa shape index (κ2) is 9.77. The number of carbonyl (C=O) groups excluding carboxylic acids is 1. The molecule has 5 nitrogen and oxygen atoms in total. The number of hydrogen-bond acceptors (Lipinski definition) is 4. The Morgan fingerprint density at radius 2 is 1.26 bits per heavy atom. The van der Waals surface area contributed by atoms with Gasteiger partial charge in [-0.15, -0.1) is 0 Å². The van der Waals surface area contributed by atoms with Crippen LogP contribution in [-0.2, 0) is 0 Å². The summed E-state index contributed by atoms with van der Waals surface area (Å²) in [5.74, 6) is 0.0649. The highest BCUT2D eigenvalue weighted by Crippen LogP contribution is 2.32. The SMILES string of the molecule is COc1cccc(C(=O)c2ccccc2)c1OC.O=C(O)c1ccccc1. The lowest BCUT2D eigenvalue weighted by Crippen LogP contribution is -2.04. The Morgan fingerprint density at radius 1 is 0.704 bits per heavy atom. The fraction of sp³-hybridized carbons (Fsp3) is 0.0909. The zero-order valence-electron chi connectivity index (χ0n) is 15.1. The van der Waals surface area contributed by atoms with Gasteiger partial charge in [-0.2, -0.15) is 0 Å². The van der Waals surface area contributed by atoms with Crippen molar-refractivity contribution in [3.63, 3.8) is 0 Å². The van der Waals surface area contributed by atoms with Gasteiger partial charge < -0.3 is 14.6 Å². The highest BCUT2D eigenvalue weighted by Gasteiger charge is 2.17. The second-order valence-electron chi connectivity index (χ2n) is 5.41. The first-order valence-electron chi connectivity index (χ1n) is 8.17. The van der Waals surface area contributed by atoms with Gasteiger partial charge in [0.05, 0.1) is 25.3 Å². The average molecular weight is 364 g/mol. The maximum atomic E-state index is 12.4. The summed E-state index contributed by atoms with van der Waals surface area (Å²) in [4.78, 5) is 22.6. The molecule has 0 saturated heterocycles. The minimum absolute atomic E-state index is 0.0775. The van der Waals surface area contributed by atoms with Crippen molar-refractivity contribution < 1.29 is 24.2 Å². The molecule has 0 fully saturated rings. The predicted molar refractivity (Wildman–Crippen MR) is 103 cm³/mol. The Hall–Kier alpha value is -3.60. The zero-order valence-corrected chi connectivity index (χ0v) is 15.1. The van der Waals surface area contributed by atoms with E-state index in [1.54, 1.807) is 67.8 Å². The van der Waals surface area contributed by atoms with Crippen molar-refractivity contribution in [3.05, 3.63) is 95.6 Å². The van der Waals surface area contributed by atoms with Crippen LogP contribution in [0.5, 0.6) is 11.5 Å². The lowest BCUT2D eigenvalue weighted by Gasteiger charge is -2.11. The van der Waals surface area contributed by atoms with Crippen molar-refractivity contribution in [2.24, 2.45) is 0 Å². The topological polar surface area (TPSA) is 72.8 Å². The second-order valence-corrected chi connectivity index (χ2v) is 5.41. The molecule has 0 amide bonds. The fourth-order valence-corrected chi connectivity index (χ4v) is 2.39. The molecule has 0 saturated carbocycles. The van der Waals surface area contributed by atoms with E-state index < -0.39 is 5.97 Å². The van der Waals surface area contributed by atoms with Gasteiger partial charge >= 0.3 is 5.97 Å². The summed E-state index contributed by atoms with van der Waals surface area (Å²) in [6.07, 6.45) is 0. The molecule has 27 heavy (non-hydrogen) atoms. The maximum Gasteiger partial charge on any atom is 0.335 e. The fourth-order valence-electron chi connectivity index (χ4n) is 2.39. The first-order chi connectivity index (χ1) is 13.1. The van der Waals surface area contributed by atoms with Crippen molar-refractivity contribution in [2.75, 3.05) is 14.2 Å². The zero-order chi connectivity index (χ0) is 19.6. The minimum Gasteiger partial charge on any atom is -0.493 e. The molecule has 0 aliphatic heterocycles. The average Bonchev–Trinajstić information content (AvgIpc) is 2.74. The van der Waals surface area contributed by atoms with Crippen LogP contribution < -0.4 is 9.47 Å². The van der Waals surface area contributed by atoms with E-state index in [0.29, 0.717) is 28.2 Å². The van der Waals surface area contributed by atoms with Crippen LogP contribution in [0.3, 0.4) is 0 Å². The number of methoxy groups -OCH3 is 2. The molecule has 3 rings (SSSR count). The molecule has 5 heteroatoms. The molecule has 1 N–H and O–H groups in total. The number of para-hydroxylation sites is 1. The highest BCUT2D eigenvalue weighted by atomic mass is 16.5. The number of aromatic carboxylic acids is 1. The number of hydrogen-bond donors (Lipinski definition) is 1. The van der Waals surface area contributed by atoms with Crippen molar-refractivity contribution in [2.45, 2.75) is 0 Å². The molecule has 138 valence electrons. The highest BCUT2D eigenvalue weighted by molar-refractivity contribution is 6.11. The van der Waals surface area contributed by atoms with Gasteiger partial charge in [0.2, 0.25) is 0 Å². The Bertz CT molecular complexity index is 889. The third-order valence-corrected chi connectivity index (χ3v) is 3.70. The molecule has 0 spiro atoms. The van der Waals surface area contributed by atoms with Crippen LogP contribution in [0.15, 0.2) is 78.9 Å². The van der Waals surface area contributed by atoms with Crippen LogP contribution in [0.4, 0.5) is 0 Å². The Labute approximate surface area is 157 Å². The van der Waals surface area contributed by atoms with Crippen LogP contribution in [0.25, 0.3) is 0 Å². The normalized spacial score (nSPS) is 9.56. The van der Waals surface area contributed by atoms with E-state index in [-0.39, 0.29) is 5.78 Å². The van der Waals surface area contributed by atoms with E-state index in [1.165, 1.54) is 7.11 Å². The lowest BCUT2D eigenvalue weighted by molar-refractivity contribution is 0.0696. The number of rotatable bonds is 5. The van der Waals surface area contributed by atoms with Crippen molar-refractivity contribution in [3.8, 4) is 11.5 Å². The summed E-state index contributed by atoms with van der Waals surface area (Å²) in [5.41, 5.74) is 1.46. The van der Waals surface area contributed by atoms with Gasteiger partial charge in [-0.1, -0.05) is 54.6 Å². The molecule has 3 aromatic carbocycles. The maximum absolute atomic E-state index is 12.4. The van der Waals surface area contributed by atoms with E-state index in [1.807, 2.05) is 18.2 Å². The van der Waals surface area contributed by atoms with E-state index >= 15 is 0 Å². The molecule has 0 aromatic heterocycles. The molecule has 3 aromatic rings. The number of ketones is 1. The molecule has 0 unspecified atom stereocenters. The number of carboxylic acid groups (broad SMARTS) is 1. The number of ether oxygens (including phenoxy) is 2. The van der Waals surface area contributed by atoms with Gasteiger partial charge in [0.15, 0.2) is 17.3 Å². The summed E-state index contributed by atoms with van der Waals surface area (Å²) in [6, 6.07) is 22.7. The van der Waals surface area contributed by atoms with Gasteiger partial charge in [0.1, 0.15) is 0 Å². The summed E-state index contributed by atoms with van der Waals surface area (Å²) in [6.45, 7) is 0. The summed E-state index contributed by atoms with van der Waals surface area (Å²) >= 11 is 0. The molecule has 0 heterocycles. The summed E-state index contributed by atoms with van der Waals surface area (Å²) < 4.78 is 10.4. The molecule has 0 radical (unpaired) electrons. The summed E-state index contributed by atoms with van der Waals surface area (Å²) in [5, 5.41) is 8.38. The third-order valence-electron chi connectivity index (χ3n) is 3.70. The first kappa shape index (κ1) is 19.7. The third kappa shape index (κ3) is 5.19. The van der Waals surface area contributed by atoms with Crippen LogP contribution in [0, 0.1) is 0 Å². The number of carbonyl (C=O) groups is 2. The quantitative estimate of drug-likeness (QED) is 0.683. The first-order valence-corrected chi connectivity index (χ1v) is 8.17. The monoisotopic (exact) mass is 364 g/mol. The van der Waals surface area contributed by atoms with E-state index in [4.69, 9.17) is 14.6 Å².